The number of hydrogen-bond donors (Lipinski definition) is 2. The van der Waals surface area contributed by atoms with Gasteiger partial charge < -0.3 is 15.3 Å². The maximum absolute atomic E-state index is 13.5. The molecule has 0 radical (unpaired) electrons. The molecule has 34 heavy (non-hydrogen) atoms. The molecule has 1 aromatic heterocycles. The molecule has 10 heteroatoms. The molecule has 2 aromatic carbocycles. The SMILES string of the molecule is CCC(O)(C(=O)N1C=Cn2c(nc(-c3ccc(F)cc3)c2Nc2ccc(C)cc2)C1)C(F)(F)F. The number of benzene rings is 2. The van der Waals surface area contributed by atoms with Crippen molar-refractivity contribution in [2.45, 2.75) is 38.6 Å². The maximum atomic E-state index is 13.5. The second kappa shape index (κ2) is 8.60. The number of nitrogens with zero attached hydrogens (tertiary/aromatic N) is 3. The Hall–Kier alpha value is -3.66. The fraction of sp³-hybridized carbons (Fsp3) is 0.250. The molecule has 1 unspecified atom stereocenters. The number of imidazole rings is 1. The second-order valence-electron chi connectivity index (χ2n) is 8.04. The Kier molecular flexibility index (Phi) is 5.94. The number of alkyl halides is 3. The summed E-state index contributed by atoms with van der Waals surface area (Å²) in [5.74, 6) is -1.14. The average Bonchev–Trinajstić information content (AvgIpc) is 3.16. The average molecular weight is 474 g/mol. The summed E-state index contributed by atoms with van der Waals surface area (Å²) in [7, 11) is 0. The van der Waals surface area contributed by atoms with Gasteiger partial charge in [0.1, 0.15) is 23.2 Å². The van der Waals surface area contributed by atoms with Crippen LogP contribution in [0.5, 0.6) is 0 Å². The van der Waals surface area contributed by atoms with Gasteiger partial charge in [0.05, 0.1) is 6.54 Å². The van der Waals surface area contributed by atoms with E-state index in [-0.39, 0.29) is 12.4 Å². The van der Waals surface area contributed by atoms with Crippen LogP contribution >= 0.6 is 0 Å². The second-order valence-corrected chi connectivity index (χ2v) is 8.04. The number of nitrogens with one attached hydrogen (secondary N) is 1. The minimum absolute atomic E-state index is 0.269. The number of amides is 1. The topological polar surface area (TPSA) is 70.4 Å². The molecule has 178 valence electrons. The molecule has 0 saturated heterocycles. The van der Waals surface area contributed by atoms with Crippen LogP contribution in [0.2, 0.25) is 0 Å². The Morgan fingerprint density at radius 1 is 1.09 bits per heavy atom. The van der Waals surface area contributed by atoms with E-state index >= 15 is 0 Å². The quantitative estimate of drug-likeness (QED) is 0.498. The molecule has 2 N–H and O–H groups in total. The van der Waals surface area contributed by atoms with Crippen molar-refractivity contribution >= 4 is 23.6 Å². The lowest BCUT2D eigenvalue weighted by atomic mass is 9.98. The summed E-state index contributed by atoms with van der Waals surface area (Å²) in [6.07, 6.45) is -3.37. The van der Waals surface area contributed by atoms with E-state index in [9.17, 15) is 27.5 Å². The van der Waals surface area contributed by atoms with Crippen molar-refractivity contribution in [3.63, 3.8) is 0 Å². The van der Waals surface area contributed by atoms with Gasteiger partial charge in [-0.1, -0.05) is 24.6 Å². The van der Waals surface area contributed by atoms with Gasteiger partial charge in [0, 0.05) is 23.7 Å². The smallest absolute Gasteiger partial charge is 0.373 e. The van der Waals surface area contributed by atoms with Crippen LogP contribution < -0.4 is 5.32 Å². The Balaban J connectivity index is 1.74. The summed E-state index contributed by atoms with van der Waals surface area (Å²) >= 11 is 0. The van der Waals surface area contributed by atoms with Gasteiger partial charge in [0.25, 0.3) is 5.91 Å². The molecule has 1 amide bonds. The molecule has 6 nitrogen and oxygen atoms in total. The van der Waals surface area contributed by atoms with Crippen LogP contribution in [0.1, 0.15) is 24.7 Å². The molecule has 0 fully saturated rings. The molecule has 4 rings (SSSR count). The number of halogens is 4. The van der Waals surface area contributed by atoms with Crippen molar-refractivity contribution in [3.8, 4) is 11.3 Å². The molecule has 0 saturated carbocycles. The van der Waals surface area contributed by atoms with Crippen molar-refractivity contribution in [1.82, 2.24) is 14.5 Å². The number of aromatic nitrogens is 2. The predicted octanol–water partition coefficient (Wildman–Crippen LogP) is 5.22. The third-order valence-corrected chi connectivity index (χ3v) is 5.72. The lowest BCUT2D eigenvalue weighted by Crippen LogP contribution is -2.56. The van der Waals surface area contributed by atoms with Gasteiger partial charge >= 0.3 is 6.18 Å². The van der Waals surface area contributed by atoms with Crippen LogP contribution in [0.25, 0.3) is 17.5 Å². The highest BCUT2D eigenvalue weighted by molar-refractivity contribution is 5.88. The summed E-state index contributed by atoms with van der Waals surface area (Å²) in [5, 5.41) is 13.3. The Labute approximate surface area is 193 Å². The largest absolute Gasteiger partial charge is 0.426 e. The van der Waals surface area contributed by atoms with E-state index in [4.69, 9.17) is 0 Å². The summed E-state index contributed by atoms with van der Waals surface area (Å²) in [6.45, 7) is 2.74. The number of aliphatic hydroxyl groups is 1. The first-order chi connectivity index (χ1) is 16.0. The van der Waals surface area contributed by atoms with E-state index in [1.165, 1.54) is 36.7 Å². The number of carbonyl (C=O) groups is 1. The van der Waals surface area contributed by atoms with Crippen molar-refractivity contribution in [2.75, 3.05) is 5.32 Å². The molecule has 0 spiro atoms. The number of anilines is 2. The van der Waals surface area contributed by atoms with Gasteiger partial charge in [-0.25, -0.2) is 9.37 Å². The zero-order valence-corrected chi connectivity index (χ0v) is 18.4. The molecule has 0 bridgehead atoms. The normalized spacial score (nSPS) is 15.1. The zero-order chi connectivity index (χ0) is 24.7. The third kappa shape index (κ3) is 4.16. The van der Waals surface area contributed by atoms with Crippen LogP contribution in [0.15, 0.2) is 54.7 Å². The number of carbonyl (C=O) groups excluding carboxylic acids is 1. The molecule has 1 aliphatic heterocycles. The molecule has 2 heterocycles. The first kappa shape index (κ1) is 23.5. The van der Waals surface area contributed by atoms with Gasteiger partial charge in [-0.3, -0.25) is 9.36 Å². The molecular weight excluding hydrogens is 452 g/mol. The predicted molar refractivity (Wildman–Crippen MR) is 119 cm³/mol. The number of rotatable bonds is 5. The fourth-order valence-corrected chi connectivity index (χ4v) is 3.66. The van der Waals surface area contributed by atoms with E-state index < -0.39 is 29.9 Å². The zero-order valence-electron chi connectivity index (χ0n) is 18.4. The minimum atomic E-state index is -5.13. The molecule has 1 atom stereocenters. The van der Waals surface area contributed by atoms with Crippen molar-refractivity contribution in [2.24, 2.45) is 0 Å². The Morgan fingerprint density at radius 2 is 1.74 bits per heavy atom. The maximum Gasteiger partial charge on any atom is 0.426 e. The van der Waals surface area contributed by atoms with E-state index in [0.717, 1.165) is 23.1 Å². The van der Waals surface area contributed by atoms with Crippen LogP contribution in [0.3, 0.4) is 0 Å². The van der Waals surface area contributed by atoms with Gasteiger partial charge in [0.2, 0.25) is 5.60 Å². The lowest BCUT2D eigenvalue weighted by Gasteiger charge is -2.33. The number of fused-ring (bicyclic) bond motifs is 1. The molecule has 3 aromatic rings. The van der Waals surface area contributed by atoms with Gasteiger partial charge in [0.15, 0.2) is 0 Å². The highest BCUT2D eigenvalue weighted by atomic mass is 19.4. The molecule has 0 aliphatic carbocycles. The van der Waals surface area contributed by atoms with E-state index in [0.29, 0.717) is 17.1 Å². The van der Waals surface area contributed by atoms with Crippen LogP contribution in [0.4, 0.5) is 29.1 Å². The van der Waals surface area contributed by atoms with Gasteiger partial charge in [-0.05, 0) is 49.7 Å². The van der Waals surface area contributed by atoms with Crippen molar-refractivity contribution in [1.29, 1.82) is 0 Å². The highest BCUT2D eigenvalue weighted by Gasteiger charge is 2.59. The monoisotopic (exact) mass is 474 g/mol. The molecule has 1 aliphatic rings. The Bertz CT molecular complexity index is 1230. The first-order valence-electron chi connectivity index (χ1n) is 10.5. The first-order valence-corrected chi connectivity index (χ1v) is 10.5. The summed E-state index contributed by atoms with van der Waals surface area (Å²) in [6, 6.07) is 13.2. The highest BCUT2D eigenvalue weighted by Crippen LogP contribution is 2.37. The van der Waals surface area contributed by atoms with E-state index in [1.54, 1.807) is 4.57 Å². The van der Waals surface area contributed by atoms with E-state index in [1.807, 2.05) is 31.2 Å². The van der Waals surface area contributed by atoms with Gasteiger partial charge in [-0.15, -0.1) is 0 Å². The minimum Gasteiger partial charge on any atom is -0.373 e. The van der Waals surface area contributed by atoms with Crippen LogP contribution in [0, 0.1) is 12.7 Å². The number of aryl methyl sites for hydroxylation is 1. The standard InChI is InChI=1S/C24H22F4N4O2/c1-3-23(34,24(26,27)28)22(33)31-12-13-32-19(14-31)30-20(16-6-8-17(25)9-7-16)21(32)29-18-10-4-15(2)5-11-18/h4-13,29,34H,3,14H2,1-2H3. The number of hydrogen-bond acceptors (Lipinski definition) is 4. The van der Waals surface area contributed by atoms with Gasteiger partial charge in [-0.2, -0.15) is 13.2 Å². The summed E-state index contributed by atoms with van der Waals surface area (Å²) in [5.41, 5.74) is -0.710. The summed E-state index contributed by atoms with van der Waals surface area (Å²) < 4.78 is 55.3. The lowest BCUT2D eigenvalue weighted by molar-refractivity contribution is -0.256. The summed E-state index contributed by atoms with van der Waals surface area (Å²) in [4.78, 5) is 18.0. The van der Waals surface area contributed by atoms with Crippen molar-refractivity contribution in [3.05, 3.63) is 71.9 Å². The van der Waals surface area contributed by atoms with Crippen LogP contribution in [-0.2, 0) is 11.3 Å². The third-order valence-electron chi connectivity index (χ3n) is 5.72. The fourth-order valence-electron chi connectivity index (χ4n) is 3.66. The molecular formula is C24H22F4N4O2. The van der Waals surface area contributed by atoms with E-state index in [2.05, 4.69) is 10.3 Å². The Morgan fingerprint density at radius 3 is 2.32 bits per heavy atom. The van der Waals surface area contributed by atoms with Crippen LogP contribution in [-0.4, -0.2) is 37.2 Å². The van der Waals surface area contributed by atoms with Crippen molar-refractivity contribution < 1.29 is 27.5 Å².